The topological polar surface area (TPSA) is 81.7 Å². The van der Waals surface area contributed by atoms with Crippen molar-refractivity contribution >= 4 is 34.0 Å². The van der Waals surface area contributed by atoms with Crippen LogP contribution in [0.25, 0.3) is 10.8 Å². The molecule has 0 bridgehead atoms. The largest absolute Gasteiger partial charge is 0.507 e. The van der Waals surface area contributed by atoms with E-state index in [-0.39, 0.29) is 11.5 Å². The molecule has 6 heteroatoms. The molecular weight excluding hydrogens is 342 g/mol. The van der Waals surface area contributed by atoms with Crippen molar-refractivity contribution in [1.82, 2.24) is 4.90 Å². The Kier molecular flexibility index (Phi) is 5.38. The third-order valence-electron chi connectivity index (χ3n) is 4.05. The first-order chi connectivity index (χ1) is 12.9. The van der Waals surface area contributed by atoms with Crippen LogP contribution < -0.4 is 10.6 Å². The van der Waals surface area contributed by atoms with Crippen molar-refractivity contribution in [3.05, 3.63) is 66.2 Å². The Morgan fingerprint density at radius 1 is 0.926 bits per heavy atom. The Hall–Kier alpha value is -3.38. The second kappa shape index (κ2) is 7.88. The number of likely N-dealkylation sites (N-methyl/N-ethyl adjacent to an activating group) is 1. The number of anilines is 2. The van der Waals surface area contributed by atoms with Gasteiger partial charge in [-0.1, -0.05) is 36.4 Å². The van der Waals surface area contributed by atoms with E-state index in [1.807, 2.05) is 20.2 Å². The molecule has 6 nitrogen and oxygen atoms in total. The number of hydrogen-bond acceptors (Lipinski definition) is 4. The van der Waals surface area contributed by atoms with Gasteiger partial charge < -0.3 is 20.6 Å². The highest BCUT2D eigenvalue weighted by atomic mass is 16.3. The Labute approximate surface area is 157 Å². The number of ketones is 1. The number of urea groups is 1. The lowest BCUT2D eigenvalue weighted by Gasteiger charge is -2.12. The summed E-state index contributed by atoms with van der Waals surface area (Å²) in [6.07, 6.45) is 0. The zero-order chi connectivity index (χ0) is 19.4. The lowest BCUT2D eigenvalue weighted by Crippen LogP contribution is -2.22. The first kappa shape index (κ1) is 18.4. The SMILES string of the molecule is CN(C)CC(=O)c1cccc(NC(=O)Nc2cccc3c(O)cccc23)c1. The highest BCUT2D eigenvalue weighted by Gasteiger charge is 2.10. The summed E-state index contributed by atoms with van der Waals surface area (Å²) in [4.78, 5) is 26.4. The van der Waals surface area contributed by atoms with Gasteiger partial charge in [0.2, 0.25) is 0 Å². The summed E-state index contributed by atoms with van der Waals surface area (Å²) in [5, 5.41) is 16.9. The van der Waals surface area contributed by atoms with Crippen LogP contribution in [-0.2, 0) is 0 Å². The van der Waals surface area contributed by atoms with Gasteiger partial charge in [0.05, 0.1) is 12.2 Å². The fourth-order valence-corrected chi connectivity index (χ4v) is 2.84. The van der Waals surface area contributed by atoms with E-state index in [1.165, 1.54) is 0 Å². The summed E-state index contributed by atoms with van der Waals surface area (Å²) < 4.78 is 0. The minimum Gasteiger partial charge on any atom is -0.507 e. The van der Waals surface area contributed by atoms with E-state index in [0.717, 1.165) is 5.39 Å². The average Bonchev–Trinajstić information content (AvgIpc) is 2.62. The predicted octanol–water partition coefficient (Wildman–Crippen LogP) is 3.93. The van der Waals surface area contributed by atoms with Gasteiger partial charge in [0, 0.05) is 22.0 Å². The Bertz CT molecular complexity index is 999. The fraction of sp³-hybridized carbons (Fsp3) is 0.143. The molecule has 3 aromatic rings. The molecule has 3 N–H and O–H groups in total. The summed E-state index contributed by atoms with van der Waals surface area (Å²) >= 11 is 0. The Morgan fingerprint density at radius 3 is 2.41 bits per heavy atom. The molecule has 0 saturated heterocycles. The van der Waals surface area contributed by atoms with Crippen LogP contribution in [0.3, 0.4) is 0 Å². The quantitative estimate of drug-likeness (QED) is 0.600. The van der Waals surface area contributed by atoms with Gasteiger partial charge in [-0.3, -0.25) is 4.79 Å². The number of Topliss-reactive ketones (excluding diaryl/α,β-unsaturated/α-hetero) is 1. The zero-order valence-corrected chi connectivity index (χ0v) is 15.2. The van der Waals surface area contributed by atoms with E-state index in [4.69, 9.17) is 0 Å². The molecule has 0 fully saturated rings. The predicted molar refractivity (Wildman–Crippen MR) is 108 cm³/mol. The Balaban J connectivity index is 1.75. The Morgan fingerprint density at radius 2 is 1.63 bits per heavy atom. The number of benzene rings is 3. The highest BCUT2D eigenvalue weighted by molar-refractivity contribution is 6.07. The standard InChI is InChI=1S/C21H21N3O3/c1-24(2)13-20(26)14-6-3-7-15(12-14)22-21(27)23-18-10-4-9-17-16(18)8-5-11-19(17)25/h3-12,25H,13H2,1-2H3,(H2,22,23,27). The third-order valence-corrected chi connectivity index (χ3v) is 4.05. The summed E-state index contributed by atoms with van der Waals surface area (Å²) in [5.74, 6) is 0.136. The van der Waals surface area contributed by atoms with Crippen LogP contribution in [0.5, 0.6) is 5.75 Å². The lowest BCUT2D eigenvalue weighted by molar-refractivity contribution is 0.0958. The maximum absolute atomic E-state index is 12.4. The molecule has 0 heterocycles. The molecular formula is C21H21N3O3. The maximum Gasteiger partial charge on any atom is 0.323 e. The van der Waals surface area contributed by atoms with Crippen molar-refractivity contribution in [3.63, 3.8) is 0 Å². The van der Waals surface area contributed by atoms with E-state index >= 15 is 0 Å². The van der Waals surface area contributed by atoms with Gasteiger partial charge in [0.25, 0.3) is 0 Å². The molecule has 3 rings (SSSR count). The molecule has 138 valence electrons. The van der Waals surface area contributed by atoms with Crippen LogP contribution in [0.4, 0.5) is 16.2 Å². The molecule has 0 aliphatic carbocycles. The number of nitrogens with one attached hydrogen (secondary N) is 2. The maximum atomic E-state index is 12.4. The zero-order valence-electron chi connectivity index (χ0n) is 15.2. The number of carbonyl (C=O) groups excluding carboxylic acids is 2. The summed E-state index contributed by atoms with van der Waals surface area (Å²) in [5.41, 5.74) is 1.65. The number of hydrogen-bond donors (Lipinski definition) is 3. The van der Waals surface area contributed by atoms with Gasteiger partial charge in [0.1, 0.15) is 5.75 Å². The third kappa shape index (κ3) is 4.43. The summed E-state index contributed by atoms with van der Waals surface area (Å²) in [6, 6.07) is 16.9. The number of nitrogens with zero attached hydrogens (tertiary/aromatic N) is 1. The number of amides is 2. The molecule has 0 unspecified atom stereocenters. The van der Waals surface area contributed by atoms with Crippen LogP contribution in [0.15, 0.2) is 60.7 Å². The van der Waals surface area contributed by atoms with Crippen LogP contribution in [-0.4, -0.2) is 42.5 Å². The molecule has 0 radical (unpaired) electrons. The number of fused-ring (bicyclic) bond motifs is 1. The van der Waals surface area contributed by atoms with Crippen molar-refractivity contribution in [2.24, 2.45) is 0 Å². The van der Waals surface area contributed by atoms with Crippen molar-refractivity contribution in [2.75, 3.05) is 31.3 Å². The van der Waals surface area contributed by atoms with E-state index in [2.05, 4.69) is 10.6 Å². The molecule has 0 aliphatic rings. The average molecular weight is 363 g/mol. The van der Waals surface area contributed by atoms with Crippen molar-refractivity contribution in [3.8, 4) is 5.75 Å². The van der Waals surface area contributed by atoms with Crippen molar-refractivity contribution < 1.29 is 14.7 Å². The summed E-state index contributed by atoms with van der Waals surface area (Å²) in [6.45, 7) is 0.301. The second-order valence-corrected chi connectivity index (χ2v) is 6.50. The van der Waals surface area contributed by atoms with Crippen molar-refractivity contribution in [2.45, 2.75) is 0 Å². The first-order valence-corrected chi connectivity index (χ1v) is 8.51. The number of phenolic OH excluding ortho intramolecular Hbond substituents is 1. The van der Waals surface area contributed by atoms with E-state index in [1.54, 1.807) is 59.5 Å². The van der Waals surface area contributed by atoms with E-state index in [9.17, 15) is 14.7 Å². The molecule has 0 atom stereocenters. The normalized spacial score (nSPS) is 10.8. The molecule has 3 aromatic carbocycles. The first-order valence-electron chi connectivity index (χ1n) is 8.51. The lowest BCUT2D eigenvalue weighted by atomic mass is 10.1. The minimum absolute atomic E-state index is 0.0198. The number of carbonyl (C=O) groups is 2. The van der Waals surface area contributed by atoms with Gasteiger partial charge in [-0.05, 0) is 38.4 Å². The van der Waals surface area contributed by atoms with Gasteiger partial charge in [-0.2, -0.15) is 0 Å². The van der Waals surface area contributed by atoms with Gasteiger partial charge >= 0.3 is 6.03 Å². The monoisotopic (exact) mass is 363 g/mol. The van der Waals surface area contributed by atoms with Crippen LogP contribution in [0, 0.1) is 0 Å². The van der Waals surface area contributed by atoms with Gasteiger partial charge in [-0.15, -0.1) is 0 Å². The number of rotatable bonds is 5. The molecule has 0 aromatic heterocycles. The smallest absolute Gasteiger partial charge is 0.323 e. The minimum atomic E-state index is -0.428. The van der Waals surface area contributed by atoms with Crippen LogP contribution in [0.2, 0.25) is 0 Å². The van der Waals surface area contributed by atoms with E-state index in [0.29, 0.717) is 28.9 Å². The molecule has 2 amide bonds. The number of phenols is 1. The van der Waals surface area contributed by atoms with Crippen LogP contribution in [0.1, 0.15) is 10.4 Å². The molecule has 0 saturated carbocycles. The highest BCUT2D eigenvalue weighted by Crippen LogP contribution is 2.29. The molecule has 0 aliphatic heterocycles. The number of aromatic hydroxyl groups is 1. The fourth-order valence-electron chi connectivity index (χ4n) is 2.84. The van der Waals surface area contributed by atoms with Crippen LogP contribution >= 0.6 is 0 Å². The van der Waals surface area contributed by atoms with Gasteiger partial charge in [-0.25, -0.2) is 4.79 Å². The van der Waals surface area contributed by atoms with Gasteiger partial charge in [0.15, 0.2) is 5.78 Å². The van der Waals surface area contributed by atoms with E-state index < -0.39 is 6.03 Å². The second-order valence-electron chi connectivity index (χ2n) is 6.50. The summed E-state index contributed by atoms with van der Waals surface area (Å²) in [7, 11) is 3.66. The molecule has 0 spiro atoms. The van der Waals surface area contributed by atoms with Crippen molar-refractivity contribution in [1.29, 1.82) is 0 Å². The molecule has 27 heavy (non-hydrogen) atoms.